The lowest BCUT2D eigenvalue weighted by molar-refractivity contribution is -0.130. The van der Waals surface area contributed by atoms with E-state index in [2.05, 4.69) is 0 Å². The number of ether oxygens (including phenoxy) is 1. The summed E-state index contributed by atoms with van der Waals surface area (Å²) in [5.41, 5.74) is 3.40. The van der Waals surface area contributed by atoms with Gasteiger partial charge in [-0.3, -0.25) is 4.79 Å². The number of aliphatic hydroxyl groups excluding tert-OH is 1. The van der Waals surface area contributed by atoms with Gasteiger partial charge in [0, 0.05) is 12.1 Å². The highest BCUT2D eigenvalue weighted by atomic mass is 16.5. The number of amides is 1. The molecule has 140 valence electrons. The van der Waals surface area contributed by atoms with Gasteiger partial charge in [0.15, 0.2) is 5.76 Å². The molecular formula is C24H21NO3. The van der Waals surface area contributed by atoms with Gasteiger partial charge in [-0.1, -0.05) is 72.8 Å². The zero-order valence-electron chi connectivity index (χ0n) is 15.6. The van der Waals surface area contributed by atoms with Crippen molar-refractivity contribution in [1.82, 2.24) is 4.90 Å². The highest BCUT2D eigenvalue weighted by Crippen LogP contribution is 2.43. The van der Waals surface area contributed by atoms with Crippen LogP contribution in [-0.2, 0) is 11.3 Å². The minimum absolute atomic E-state index is 0.199. The molecule has 4 rings (SSSR count). The second-order valence-electron chi connectivity index (χ2n) is 6.72. The van der Waals surface area contributed by atoms with Crippen molar-refractivity contribution in [3.05, 3.63) is 107 Å². The number of carbonyl (C=O) groups is 1. The van der Waals surface area contributed by atoms with Crippen LogP contribution in [0.5, 0.6) is 5.75 Å². The Kier molecular flexibility index (Phi) is 4.85. The molecule has 0 aromatic heterocycles. The first-order valence-electron chi connectivity index (χ1n) is 9.16. The molecule has 4 heteroatoms. The molecule has 1 aliphatic rings. The molecule has 4 nitrogen and oxygen atoms in total. The average Bonchev–Trinajstić information content (AvgIpc) is 3.00. The maximum absolute atomic E-state index is 13.0. The molecule has 0 bridgehead atoms. The summed E-state index contributed by atoms with van der Waals surface area (Å²) >= 11 is 0. The van der Waals surface area contributed by atoms with Crippen molar-refractivity contribution in [3.63, 3.8) is 0 Å². The molecule has 3 aromatic rings. The van der Waals surface area contributed by atoms with Gasteiger partial charge in [-0.15, -0.1) is 0 Å². The van der Waals surface area contributed by atoms with Crippen LogP contribution in [0, 0.1) is 0 Å². The molecule has 0 radical (unpaired) electrons. The first-order valence-corrected chi connectivity index (χ1v) is 9.16. The van der Waals surface area contributed by atoms with Crippen molar-refractivity contribution in [2.24, 2.45) is 0 Å². The number of benzene rings is 3. The van der Waals surface area contributed by atoms with E-state index in [9.17, 15) is 9.90 Å². The number of rotatable bonds is 5. The van der Waals surface area contributed by atoms with E-state index in [0.29, 0.717) is 12.1 Å². The van der Waals surface area contributed by atoms with Crippen LogP contribution in [0.15, 0.2) is 90.7 Å². The molecule has 0 saturated heterocycles. The normalized spacial score (nSPS) is 16.5. The van der Waals surface area contributed by atoms with Gasteiger partial charge in [0.25, 0.3) is 5.91 Å². The third-order valence-corrected chi connectivity index (χ3v) is 5.02. The van der Waals surface area contributed by atoms with E-state index >= 15 is 0 Å². The van der Waals surface area contributed by atoms with Crippen molar-refractivity contribution in [2.45, 2.75) is 12.6 Å². The SMILES string of the molecule is COc1ccc(C2=C(O)C(=O)N(Cc3ccccc3)[C@@H]2c2ccccc2)cc1. The van der Waals surface area contributed by atoms with Crippen LogP contribution >= 0.6 is 0 Å². The molecule has 1 aliphatic heterocycles. The van der Waals surface area contributed by atoms with Gasteiger partial charge in [-0.25, -0.2) is 0 Å². The first-order chi connectivity index (χ1) is 13.7. The molecule has 1 amide bonds. The van der Waals surface area contributed by atoms with Crippen LogP contribution in [0.25, 0.3) is 5.57 Å². The van der Waals surface area contributed by atoms with E-state index in [0.717, 1.165) is 22.4 Å². The molecule has 0 unspecified atom stereocenters. The monoisotopic (exact) mass is 371 g/mol. The van der Waals surface area contributed by atoms with Gasteiger partial charge in [0.2, 0.25) is 0 Å². The van der Waals surface area contributed by atoms with E-state index in [4.69, 9.17) is 4.74 Å². The van der Waals surface area contributed by atoms with E-state index in [-0.39, 0.29) is 17.7 Å². The van der Waals surface area contributed by atoms with Gasteiger partial charge >= 0.3 is 0 Å². The molecule has 1 atom stereocenters. The number of hydrogen-bond acceptors (Lipinski definition) is 3. The van der Waals surface area contributed by atoms with E-state index in [1.165, 1.54) is 0 Å². The quantitative estimate of drug-likeness (QED) is 0.704. The van der Waals surface area contributed by atoms with Crippen molar-refractivity contribution in [2.75, 3.05) is 7.11 Å². The zero-order chi connectivity index (χ0) is 19.5. The lowest BCUT2D eigenvalue weighted by Crippen LogP contribution is -2.29. The van der Waals surface area contributed by atoms with Crippen molar-refractivity contribution < 1.29 is 14.6 Å². The Bertz CT molecular complexity index is 995. The minimum Gasteiger partial charge on any atom is -0.503 e. The Labute approximate surface area is 164 Å². The van der Waals surface area contributed by atoms with E-state index < -0.39 is 0 Å². The van der Waals surface area contributed by atoms with Crippen LogP contribution < -0.4 is 4.74 Å². The highest BCUT2D eigenvalue weighted by Gasteiger charge is 2.40. The number of hydrogen-bond donors (Lipinski definition) is 1. The Morgan fingerprint density at radius 2 is 1.50 bits per heavy atom. The summed E-state index contributed by atoms with van der Waals surface area (Å²) in [7, 11) is 1.61. The molecule has 0 aliphatic carbocycles. The van der Waals surface area contributed by atoms with Crippen LogP contribution in [0.1, 0.15) is 22.7 Å². The van der Waals surface area contributed by atoms with Crippen molar-refractivity contribution in [3.8, 4) is 5.75 Å². The molecular weight excluding hydrogens is 350 g/mol. The first kappa shape index (κ1) is 17.9. The Morgan fingerprint density at radius 1 is 0.893 bits per heavy atom. The zero-order valence-corrected chi connectivity index (χ0v) is 15.6. The number of carbonyl (C=O) groups excluding carboxylic acids is 1. The summed E-state index contributed by atoms with van der Waals surface area (Å²) in [5, 5.41) is 10.8. The fourth-order valence-corrected chi connectivity index (χ4v) is 3.64. The number of nitrogens with zero attached hydrogens (tertiary/aromatic N) is 1. The Morgan fingerprint density at radius 3 is 2.11 bits per heavy atom. The fraction of sp³-hybridized carbons (Fsp3) is 0.125. The Hall–Kier alpha value is -3.53. The second-order valence-corrected chi connectivity index (χ2v) is 6.72. The summed E-state index contributed by atoms with van der Waals surface area (Å²) in [6, 6.07) is 26.7. The lowest BCUT2D eigenvalue weighted by atomic mass is 9.93. The summed E-state index contributed by atoms with van der Waals surface area (Å²) in [5.74, 6) is 0.170. The predicted octanol–water partition coefficient (Wildman–Crippen LogP) is 4.75. The molecule has 28 heavy (non-hydrogen) atoms. The molecule has 1 heterocycles. The van der Waals surface area contributed by atoms with Crippen molar-refractivity contribution >= 4 is 11.5 Å². The molecule has 3 aromatic carbocycles. The molecule has 1 N–H and O–H groups in total. The lowest BCUT2D eigenvalue weighted by Gasteiger charge is -2.27. The van der Waals surface area contributed by atoms with Crippen LogP contribution in [-0.4, -0.2) is 23.0 Å². The second kappa shape index (κ2) is 7.61. The molecule has 0 fully saturated rings. The van der Waals surface area contributed by atoms with Crippen LogP contribution in [0.2, 0.25) is 0 Å². The molecule has 0 spiro atoms. The summed E-state index contributed by atoms with van der Waals surface area (Å²) in [6.45, 7) is 0.420. The topological polar surface area (TPSA) is 49.8 Å². The average molecular weight is 371 g/mol. The maximum Gasteiger partial charge on any atom is 0.290 e. The standard InChI is InChI=1S/C24H21NO3/c1-28-20-14-12-18(13-15-20)21-22(19-10-6-3-7-11-19)25(24(27)23(21)26)16-17-8-4-2-5-9-17/h2-15,22,26H,16H2,1H3/t22-/m1/s1. The maximum atomic E-state index is 13.0. The smallest absolute Gasteiger partial charge is 0.290 e. The summed E-state index contributed by atoms with van der Waals surface area (Å²) < 4.78 is 5.24. The van der Waals surface area contributed by atoms with Gasteiger partial charge in [-0.2, -0.15) is 0 Å². The van der Waals surface area contributed by atoms with Crippen molar-refractivity contribution in [1.29, 1.82) is 0 Å². The number of methoxy groups -OCH3 is 1. The summed E-state index contributed by atoms with van der Waals surface area (Å²) in [6.07, 6.45) is 0. The largest absolute Gasteiger partial charge is 0.503 e. The van der Waals surface area contributed by atoms with Gasteiger partial charge in [0.05, 0.1) is 13.2 Å². The highest BCUT2D eigenvalue weighted by molar-refractivity contribution is 6.05. The van der Waals surface area contributed by atoms with Gasteiger partial charge in [0.1, 0.15) is 5.75 Å². The minimum atomic E-state index is -0.359. The van der Waals surface area contributed by atoms with Gasteiger partial charge < -0.3 is 14.7 Å². The van der Waals surface area contributed by atoms with E-state index in [1.54, 1.807) is 12.0 Å². The van der Waals surface area contributed by atoms with Crippen LogP contribution in [0.4, 0.5) is 0 Å². The van der Waals surface area contributed by atoms with E-state index in [1.807, 2.05) is 84.9 Å². The number of aliphatic hydroxyl groups is 1. The van der Waals surface area contributed by atoms with Gasteiger partial charge in [-0.05, 0) is 28.8 Å². The fourth-order valence-electron chi connectivity index (χ4n) is 3.64. The summed E-state index contributed by atoms with van der Waals surface area (Å²) in [4.78, 5) is 14.7. The third kappa shape index (κ3) is 3.25. The molecule has 0 saturated carbocycles. The van der Waals surface area contributed by atoms with Crippen LogP contribution in [0.3, 0.4) is 0 Å². The third-order valence-electron chi connectivity index (χ3n) is 5.02. The predicted molar refractivity (Wildman–Crippen MR) is 109 cm³/mol. The Balaban J connectivity index is 1.79.